The van der Waals surface area contributed by atoms with Gasteiger partial charge < -0.3 is 19.1 Å². The van der Waals surface area contributed by atoms with Crippen molar-refractivity contribution >= 4 is 73.3 Å². The molecule has 0 radical (unpaired) electrons. The third-order valence-corrected chi connectivity index (χ3v) is 16.1. The van der Waals surface area contributed by atoms with E-state index in [1.54, 1.807) is 0 Å². The van der Waals surface area contributed by atoms with Crippen LogP contribution in [0, 0.1) is 0 Å². The largest absolute Gasteiger partial charge is 0.458 e. The van der Waals surface area contributed by atoms with Gasteiger partial charge in [0.05, 0.1) is 22.8 Å². The van der Waals surface area contributed by atoms with Gasteiger partial charge in [-0.2, -0.15) is 0 Å². The first-order valence-electron chi connectivity index (χ1n) is 26.3. The Morgan fingerprint density at radius 1 is 0.548 bits per heavy atom. The SMILES string of the molecule is CCCCc1cc2c3c(c1)N(c1c(-c4ccccc4)cc(C(C)(C)C)cc1-c1ccccc1)c1cc(N4c5ccccc5C5C=CC=CC54)ccc1B3c1ccc(-n3c4ccccc4c4ccccc43)cc1O2. The van der Waals surface area contributed by atoms with E-state index in [2.05, 4.69) is 260 Å². The van der Waals surface area contributed by atoms with Crippen LogP contribution < -0.4 is 30.9 Å². The number of ether oxygens (including phenoxy) is 1. The predicted molar refractivity (Wildman–Crippen MR) is 308 cm³/mol. The van der Waals surface area contributed by atoms with Crippen molar-refractivity contribution in [2.24, 2.45) is 0 Å². The fraction of sp³-hybridized carbons (Fsp3) is 0.147. The van der Waals surface area contributed by atoms with E-state index >= 15 is 0 Å². The molecule has 0 bridgehead atoms. The summed E-state index contributed by atoms with van der Waals surface area (Å²) in [5.74, 6) is 2.10. The number of hydrogen-bond donors (Lipinski definition) is 0. The number of unbranched alkanes of at least 4 members (excludes halogenated alkanes) is 1. The average molecular weight is 942 g/mol. The maximum absolute atomic E-state index is 7.44. The molecule has 10 aromatic rings. The number of aryl methyl sites for hydroxylation is 1. The molecule has 0 saturated carbocycles. The molecule has 73 heavy (non-hydrogen) atoms. The average Bonchev–Trinajstić information content (AvgIpc) is 3.95. The van der Waals surface area contributed by atoms with E-state index in [4.69, 9.17) is 4.74 Å². The Morgan fingerprint density at radius 3 is 1.88 bits per heavy atom. The summed E-state index contributed by atoms with van der Waals surface area (Å²) in [6.45, 7) is 9.21. The fourth-order valence-corrected chi connectivity index (χ4v) is 12.6. The van der Waals surface area contributed by atoms with Crippen LogP contribution in [0.25, 0.3) is 49.7 Å². The third kappa shape index (κ3) is 6.89. The summed E-state index contributed by atoms with van der Waals surface area (Å²) >= 11 is 0. The van der Waals surface area contributed by atoms with Crippen molar-refractivity contribution in [2.45, 2.75) is 64.3 Å². The van der Waals surface area contributed by atoms with E-state index in [0.717, 1.165) is 36.4 Å². The van der Waals surface area contributed by atoms with Crippen molar-refractivity contribution in [3.05, 3.63) is 235 Å². The van der Waals surface area contributed by atoms with Gasteiger partial charge in [0.15, 0.2) is 0 Å². The molecule has 4 heterocycles. The number of anilines is 5. The van der Waals surface area contributed by atoms with E-state index in [-0.39, 0.29) is 24.1 Å². The molecule has 1 aromatic heterocycles. The van der Waals surface area contributed by atoms with E-state index in [1.165, 1.54) is 106 Å². The van der Waals surface area contributed by atoms with Crippen LogP contribution in [0.5, 0.6) is 11.5 Å². The van der Waals surface area contributed by atoms with Gasteiger partial charge in [-0.25, -0.2) is 0 Å². The lowest BCUT2D eigenvalue weighted by Gasteiger charge is -2.43. The second-order valence-electron chi connectivity index (χ2n) is 21.5. The summed E-state index contributed by atoms with van der Waals surface area (Å²) in [7, 11) is 0. The Labute approximate surface area is 429 Å². The quantitative estimate of drug-likeness (QED) is 0.142. The molecule has 2 unspecified atom stereocenters. The van der Waals surface area contributed by atoms with E-state index in [9.17, 15) is 0 Å². The predicted octanol–water partition coefficient (Wildman–Crippen LogP) is 15.9. The number of para-hydroxylation sites is 3. The summed E-state index contributed by atoms with van der Waals surface area (Å²) in [4.78, 5) is 5.24. The van der Waals surface area contributed by atoms with E-state index in [1.807, 2.05) is 0 Å². The van der Waals surface area contributed by atoms with Gasteiger partial charge in [-0.05, 0) is 123 Å². The number of fused-ring (bicyclic) bond motifs is 10. The molecule has 0 amide bonds. The zero-order valence-corrected chi connectivity index (χ0v) is 41.9. The molecule has 5 heteroatoms. The van der Waals surface area contributed by atoms with Gasteiger partial charge in [-0.3, -0.25) is 0 Å². The number of hydrogen-bond acceptors (Lipinski definition) is 3. The second-order valence-corrected chi connectivity index (χ2v) is 21.5. The Hall–Kier alpha value is -8.28. The molecule has 14 rings (SSSR count). The number of benzene rings is 9. The number of aromatic nitrogens is 1. The molecule has 4 aliphatic rings. The number of allylic oxidation sites excluding steroid dienone is 2. The van der Waals surface area contributed by atoms with E-state index in [0.29, 0.717) is 0 Å². The smallest absolute Gasteiger partial charge is 0.256 e. The van der Waals surface area contributed by atoms with E-state index < -0.39 is 0 Å². The monoisotopic (exact) mass is 941 g/mol. The van der Waals surface area contributed by atoms with Crippen molar-refractivity contribution in [3.8, 4) is 39.4 Å². The van der Waals surface area contributed by atoms with Crippen LogP contribution in [0.3, 0.4) is 0 Å². The third-order valence-electron chi connectivity index (χ3n) is 16.1. The van der Waals surface area contributed by atoms with Gasteiger partial charge >= 0.3 is 0 Å². The lowest BCUT2D eigenvalue weighted by Crippen LogP contribution is -2.59. The summed E-state index contributed by atoms with van der Waals surface area (Å²) in [5.41, 5.74) is 21.7. The molecule has 0 saturated heterocycles. The summed E-state index contributed by atoms with van der Waals surface area (Å²) in [5, 5.41) is 2.49. The Bertz CT molecular complexity index is 3780. The van der Waals surface area contributed by atoms with Crippen LogP contribution >= 0.6 is 0 Å². The molecular weight excluding hydrogens is 886 g/mol. The summed E-state index contributed by atoms with van der Waals surface area (Å²) < 4.78 is 9.85. The molecule has 0 fully saturated rings. The summed E-state index contributed by atoms with van der Waals surface area (Å²) in [6, 6.07) is 73.0. The highest BCUT2D eigenvalue weighted by atomic mass is 16.5. The van der Waals surface area contributed by atoms with Crippen LogP contribution in [0.15, 0.2) is 218 Å². The second kappa shape index (κ2) is 16.9. The highest BCUT2D eigenvalue weighted by Gasteiger charge is 2.45. The minimum Gasteiger partial charge on any atom is -0.458 e. The molecule has 0 spiro atoms. The molecule has 352 valence electrons. The standard InChI is InChI=1S/C68H56BN3O/c1-5-6-21-44-38-63-66-65(39-44)73-64-43-49(71-60-32-19-15-28-52(60)53-29-16-20-33-61(53)71)35-37-57(64)69(66)56-36-34-48(70-58-30-17-13-26-50(58)51-27-14-18-31-59(51)70)42-62(56)72(63)67-54(45-22-9-7-10-23-45)40-47(68(2,3)4)41-55(67)46-24-11-8-12-25-46/h7-20,22-43,50,58H,5-6,21H2,1-4H3. The zero-order valence-electron chi connectivity index (χ0n) is 41.9. The van der Waals surface area contributed by atoms with Gasteiger partial charge in [0, 0.05) is 62.3 Å². The lowest BCUT2D eigenvalue weighted by molar-refractivity contribution is 0.486. The molecule has 1 aliphatic carbocycles. The van der Waals surface area contributed by atoms with Crippen molar-refractivity contribution in [1.82, 2.24) is 4.57 Å². The van der Waals surface area contributed by atoms with Crippen molar-refractivity contribution in [2.75, 3.05) is 9.80 Å². The van der Waals surface area contributed by atoms with Crippen molar-refractivity contribution < 1.29 is 4.74 Å². The first-order chi connectivity index (χ1) is 35.8. The molecule has 3 aliphatic heterocycles. The Kier molecular flexibility index (Phi) is 10.1. The van der Waals surface area contributed by atoms with Gasteiger partial charge in [-0.15, -0.1) is 0 Å². The van der Waals surface area contributed by atoms with Gasteiger partial charge in [0.1, 0.15) is 11.5 Å². The van der Waals surface area contributed by atoms with Crippen LogP contribution in [0.2, 0.25) is 0 Å². The van der Waals surface area contributed by atoms with Crippen LogP contribution in [-0.4, -0.2) is 17.3 Å². The highest BCUT2D eigenvalue weighted by Crippen LogP contribution is 2.53. The van der Waals surface area contributed by atoms with Crippen molar-refractivity contribution in [1.29, 1.82) is 0 Å². The maximum Gasteiger partial charge on any atom is 0.256 e. The molecule has 4 nitrogen and oxygen atoms in total. The molecule has 2 atom stereocenters. The lowest BCUT2D eigenvalue weighted by atomic mass is 9.34. The van der Waals surface area contributed by atoms with Gasteiger partial charge in [-0.1, -0.05) is 186 Å². The number of nitrogens with zero attached hydrogens (tertiary/aromatic N) is 3. The van der Waals surface area contributed by atoms with Crippen LogP contribution in [-0.2, 0) is 11.8 Å². The maximum atomic E-state index is 7.44. The Morgan fingerprint density at radius 2 is 1.18 bits per heavy atom. The minimum atomic E-state index is -0.111. The first kappa shape index (κ1) is 43.5. The fourth-order valence-electron chi connectivity index (χ4n) is 12.6. The number of rotatable bonds is 8. The topological polar surface area (TPSA) is 20.6 Å². The summed E-state index contributed by atoms with van der Waals surface area (Å²) in [6.07, 6.45) is 12.3. The highest BCUT2D eigenvalue weighted by molar-refractivity contribution is 6.99. The van der Waals surface area contributed by atoms with Crippen LogP contribution in [0.4, 0.5) is 28.4 Å². The van der Waals surface area contributed by atoms with Crippen molar-refractivity contribution in [3.63, 3.8) is 0 Å². The zero-order chi connectivity index (χ0) is 49.0. The van der Waals surface area contributed by atoms with Gasteiger partial charge in [0.25, 0.3) is 6.71 Å². The molecule has 9 aromatic carbocycles. The normalized spacial score (nSPS) is 16.0. The Balaban J connectivity index is 1.07. The van der Waals surface area contributed by atoms with Gasteiger partial charge in [0.2, 0.25) is 0 Å². The first-order valence-corrected chi connectivity index (χ1v) is 26.3. The molecule has 0 N–H and O–H groups in total. The molecular formula is C68H56BN3O. The van der Waals surface area contributed by atoms with Crippen LogP contribution in [0.1, 0.15) is 63.1 Å². The minimum absolute atomic E-state index is 0.0909.